The van der Waals surface area contributed by atoms with E-state index in [0.29, 0.717) is 6.04 Å². The fourth-order valence-electron chi connectivity index (χ4n) is 3.06. The van der Waals surface area contributed by atoms with Crippen LogP contribution in [0.3, 0.4) is 0 Å². The van der Waals surface area contributed by atoms with Crippen LogP contribution in [0, 0.1) is 11.8 Å². The first-order valence-electron chi connectivity index (χ1n) is 8.95. The molecule has 1 fully saturated rings. The molecular weight excluding hydrogens is 260 g/mol. The molecule has 21 heavy (non-hydrogen) atoms. The number of nitrogens with one attached hydrogen (secondary N) is 1. The van der Waals surface area contributed by atoms with Crippen molar-refractivity contribution in [1.29, 1.82) is 0 Å². The van der Waals surface area contributed by atoms with Gasteiger partial charge in [-0.1, -0.05) is 34.1 Å². The molecule has 0 aromatic carbocycles. The van der Waals surface area contributed by atoms with Gasteiger partial charge in [0.2, 0.25) is 0 Å². The Balaban J connectivity index is 2.24. The van der Waals surface area contributed by atoms with Gasteiger partial charge in [-0.15, -0.1) is 0 Å². The molecule has 0 aliphatic heterocycles. The molecule has 0 spiro atoms. The van der Waals surface area contributed by atoms with Crippen LogP contribution in [-0.2, 0) is 0 Å². The molecule has 0 saturated heterocycles. The average Bonchev–Trinajstić information content (AvgIpc) is 3.17. The highest BCUT2D eigenvalue weighted by Crippen LogP contribution is 2.25. The Morgan fingerprint density at radius 3 is 2.10 bits per heavy atom. The van der Waals surface area contributed by atoms with Crippen molar-refractivity contribution in [2.45, 2.75) is 78.3 Å². The maximum absolute atomic E-state index is 9.64. The van der Waals surface area contributed by atoms with Crippen LogP contribution in [0.2, 0.25) is 0 Å². The molecule has 1 unspecified atom stereocenters. The van der Waals surface area contributed by atoms with Crippen LogP contribution >= 0.6 is 0 Å². The Morgan fingerprint density at radius 2 is 1.67 bits per heavy atom. The van der Waals surface area contributed by atoms with Gasteiger partial charge in [-0.3, -0.25) is 0 Å². The third-order valence-electron chi connectivity index (χ3n) is 4.18. The molecule has 0 amide bonds. The normalized spacial score (nSPS) is 18.7. The van der Waals surface area contributed by atoms with E-state index in [-0.39, 0.29) is 12.1 Å². The van der Waals surface area contributed by atoms with Gasteiger partial charge in [-0.2, -0.15) is 0 Å². The van der Waals surface area contributed by atoms with Crippen LogP contribution < -0.4 is 5.32 Å². The minimum Gasteiger partial charge on any atom is -0.394 e. The van der Waals surface area contributed by atoms with E-state index in [1.54, 1.807) is 0 Å². The van der Waals surface area contributed by atoms with Crippen molar-refractivity contribution in [2.75, 3.05) is 26.2 Å². The summed E-state index contributed by atoms with van der Waals surface area (Å²) in [4.78, 5) is 2.61. The molecule has 0 heterocycles. The molecule has 1 saturated carbocycles. The zero-order valence-corrected chi connectivity index (χ0v) is 15.0. The van der Waals surface area contributed by atoms with Crippen molar-refractivity contribution in [3.05, 3.63) is 0 Å². The van der Waals surface area contributed by atoms with Gasteiger partial charge in [0.1, 0.15) is 0 Å². The van der Waals surface area contributed by atoms with Crippen LogP contribution in [0.5, 0.6) is 0 Å². The summed E-state index contributed by atoms with van der Waals surface area (Å²) in [5.74, 6) is 1.48. The molecule has 0 aromatic heterocycles. The lowest BCUT2D eigenvalue weighted by atomic mass is 9.95. The van der Waals surface area contributed by atoms with Crippen molar-refractivity contribution in [3.63, 3.8) is 0 Å². The Hall–Kier alpha value is -0.120. The lowest BCUT2D eigenvalue weighted by Crippen LogP contribution is -2.47. The van der Waals surface area contributed by atoms with E-state index < -0.39 is 0 Å². The number of aliphatic hydroxyl groups excluding tert-OH is 1. The summed E-state index contributed by atoms with van der Waals surface area (Å²) in [7, 11) is 0. The van der Waals surface area contributed by atoms with E-state index >= 15 is 0 Å². The Bertz CT molecular complexity index is 266. The van der Waals surface area contributed by atoms with E-state index in [2.05, 4.69) is 44.8 Å². The van der Waals surface area contributed by atoms with Gasteiger partial charge in [0, 0.05) is 24.7 Å². The molecule has 0 bridgehead atoms. The van der Waals surface area contributed by atoms with Crippen LogP contribution in [-0.4, -0.2) is 47.8 Å². The second-order valence-electron chi connectivity index (χ2n) is 8.14. The molecule has 0 radical (unpaired) electrons. The van der Waals surface area contributed by atoms with E-state index in [4.69, 9.17) is 0 Å². The molecule has 2 N–H and O–H groups in total. The summed E-state index contributed by atoms with van der Waals surface area (Å²) in [6, 6.07) is 0.667. The molecule has 1 rings (SSSR count). The standard InChI is InChI=1S/C18H38N2O/c1-15(2)12-20(13-16(3)4)11-7-6-10-18(5,14-21)19-17-8-9-17/h15-17,19,21H,6-14H2,1-5H3. The molecule has 1 atom stereocenters. The zero-order chi connectivity index (χ0) is 15.9. The predicted octanol–water partition coefficient (Wildman–Crippen LogP) is 3.27. The van der Waals surface area contributed by atoms with E-state index in [1.165, 1.54) is 45.3 Å². The highest BCUT2D eigenvalue weighted by molar-refractivity contribution is 4.92. The number of hydrogen-bond acceptors (Lipinski definition) is 3. The predicted molar refractivity (Wildman–Crippen MR) is 91.6 cm³/mol. The minimum absolute atomic E-state index is 0.0674. The summed E-state index contributed by atoms with van der Waals surface area (Å²) in [5, 5.41) is 13.2. The van der Waals surface area contributed by atoms with Gasteiger partial charge in [0.25, 0.3) is 0 Å². The minimum atomic E-state index is -0.0674. The van der Waals surface area contributed by atoms with Gasteiger partial charge in [-0.25, -0.2) is 0 Å². The summed E-state index contributed by atoms with van der Waals surface area (Å²) in [6.07, 6.45) is 6.08. The maximum Gasteiger partial charge on any atom is 0.0610 e. The van der Waals surface area contributed by atoms with Crippen molar-refractivity contribution in [3.8, 4) is 0 Å². The topological polar surface area (TPSA) is 35.5 Å². The number of nitrogens with zero attached hydrogens (tertiary/aromatic N) is 1. The summed E-state index contributed by atoms with van der Waals surface area (Å²) < 4.78 is 0. The molecule has 3 heteroatoms. The quantitative estimate of drug-likeness (QED) is 0.543. The molecule has 1 aliphatic rings. The second kappa shape index (κ2) is 9.12. The van der Waals surface area contributed by atoms with Crippen LogP contribution in [0.25, 0.3) is 0 Å². The highest BCUT2D eigenvalue weighted by atomic mass is 16.3. The third-order valence-corrected chi connectivity index (χ3v) is 4.18. The average molecular weight is 299 g/mol. The SMILES string of the molecule is CC(C)CN(CCCCC(C)(CO)NC1CC1)CC(C)C. The molecule has 3 nitrogen and oxygen atoms in total. The summed E-state index contributed by atoms with van der Waals surface area (Å²) in [6.45, 7) is 15.2. The van der Waals surface area contributed by atoms with Crippen molar-refractivity contribution >= 4 is 0 Å². The lowest BCUT2D eigenvalue weighted by Gasteiger charge is -2.30. The first-order chi connectivity index (χ1) is 9.84. The number of unbranched alkanes of at least 4 members (excludes halogenated alkanes) is 1. The Kier molecular flexibility index (Phi) is 8.22. The van der Waals surface area contributed by atoms with Crippen LogP contribution in [0.4, 0.5) is 0 Å². The highest BCUT2D eigenvalue weighted by Gasteiger charge is 2.31. The monoisotopic (exact) mass is 298 g/mol. The fourth-order valence-corrected chi connectivity index (χ4v) is 3.06. The zero-order valence-electron chi connectivity index (χ0n) is 15.0. The first-order valence-corrected chi connectivity index (χ1v) is 8.95. The Labute approximate surface area is 132 Å². The van der Waals surface area contributed by atoms with Gasteiger partial charge in [0.15, 0.2) is 0 Å². The molecular formula is C18H38N2O. The summed E-state index contributed by atoms with van der Waals surface area (Å²) in [5.41, 5.74) is -0.0674. The summed E-state index contributed by atoms with van der Waals surface area (Å²) >= 11 is 0. The smallest absolute Gasteiger partial charge is 0.0610 e. The first kappa shape index (κ1) is 18.9. The van der Waals surface area contributed by atoms with Gasteiger partial charge in [0.05, 0.1) is 6.61 Å². The van der Waals surface area contributed by atoms with E-state index in [0.717, 1.165) is 18.3 Å². The van der Waals surface area contributed by atoms with Gasteiger partial charge >= 0.3 is 0 Å². The van der Waals surface area contributed by atoms with E-state index in [1.807, 2.05) is 0 Å². The van der Waals surface area contributed by atoms with Crippen LogP contribution in [0.1, 0.15) is 66.7 Å². The molecule has 1 aliphatic carbocycles. The van der Waals surface area contributed by atoms with Crippen molar-refractivity contribution in [2.24, 2.45) is 11.8 Å². The number of hydrogen-bond donors (Lipinski definition) is 2. The molecule has 0 aromatic rings. The van der Waals surface area contributed by atoms with Crippen molar-refractivity contribution < 1.29 is 5.11 Å². The van der Waals surface area contributed by atoms with Crippen LogP contribution in [0.15, 0.2) is 0 Å². The third kappa shape index (κ3) is 8.80. The fraction of sp³-hybridized carbons (Fsp3) is 1.00. The molecule has 126 valence electrons. The van der Waals surface area contributed by atoms with Gasteiger partial charge in [-0.05, 0) is 51.0 Å². The second-order valence-corrected chi connectivity index (χ2v) is 8.14. The Morgan fingerprint density at radius 1 is 1.10 bits per heavy atom. The van der Waals surface area contributed by atoms with Gasteiger partial charge < -0.3 is 15.3 Å². The lowest BCUT2D eigenvalue weighted by molar-refractivity contribution is 0.156. The van der Waals surface area contributed by atoms with E-state index in [9.17, 15) is 5.11 Å². The number of aliphatic hydroxyl groups is 1. The largest absolute Gasteiger partial charge is 0.394 e. The number of rotatable bonds is 12. The van der Waals surface area contributed by atoms with Crippen molar-refractivity contribution in [1.82, 2.24) is 10.2 Å². The maximum atomic E-state index is 9.64.